The summed E-state index contributed by atoms with van der Waals surface area (Å²) in [6.07, 6.45) is 0.438. The summed E-state index contributed by atoms with van der Waals surface area (Å²) < 4.78 is 0. The fraction of sp³-hybridized carbons (Fsp3) is 0.167. The summed E-state index contributed by atoms with van der Waals surface area (Å²) in [6, 6.07) is 13.2. The highest BCUT2D eigenvalue weighted by atomic mass is 35.5. The monoisotopic (exact) mass is 341 g/mol. The first-order valence-corrected chi connectivity index (χ1v) is 7.90. The Morgan fingerprint density at radius 2 is 1.96 bits per heavy atom. The summed E-state index contributed by atoms with van der Waals surface area (Å²) in [5, 5.41) is 10.8. The number of fused-ring (bicyclic) bond motifs is 1. The van der Waals surface area contributed by atoms with Crippen molar-refractivity contribution < 1.29 is 4.79 Å². The molecule has 0 saturated carbocycles. The van der Waals surface area contributed by atoms with Crippen LogP contribution in [-0.4, -0.2) is 16.0 Å². The fourth-order valence-electron chi connectivity index (χ4n) is 2.58. The van der Waals surface area contributed by atoms with Gasteiger partial charge in [0.25, 0.3) is 5.56 Å². The van der Waals surface area contributed by atoms with Crippen LogP contribution >= 0.6 is 11.6 Å². The van der Waals surface area contributed by atoms with Gasteiger partial charge in [-0.2, -0.15) is 5.10 Å². The van der Waals surface area contributed by atoms with E-state index in [1.807, 2.05) is 30.3 Å². The number of rotatable bonds is 5. The number of hydrogen-bond acceptors (Lipinski definition) is 4. The summed E-state index contributed by atoms with van der Waals surface area (Å²) in [5.41, 5.74) is 2.65. The Hall–Kier alpha value is -2.66. The third kappa shape index (κ3) is 3.63. The lowest BCUT2D eigenvalue weighted by Gasteiger charge is -2.09. The van der Waals surface area contributed by atoms with Gasteiger partial charge in [0.15, 0.2) is 5.15 Å². The highest BCUT2D eigenvalue weighted by Gasteiger charge is 2.06. The predicted molar refractivity (Wildman–Crippen MR) is 95.5 cm³/mol. The molecule has 3 rings (SSSR count). The van der Waals surface area contributed by atoms with Crippen LogP contribution in [0.1, 0.15) is 18.1 Å². The third-order valence-corrected chi connectivity index (χ3v) is 3.97. The maximum Gasteiger partial charge on any atom is 0.272 e. The first kappa shape index (κ1) is 16.2. The average Bonchev–Trinajstić information content (AvgIpc) is 2.56. The molecule has 3 aromatic rings. The number of aromatic amines is 1. The molecule has 0 aliphatic heterocycles. The first-order chi connectivity index (χ1) is 11.5. The molecule has 122 valence electrons. The van der Waals surface area contributed by atoms with Crippen LogP contribution in [0, 0.1) is 0 Å². The molecule has 0 aliphatic rings. The van der Waals surface area contributed by atoms with E-state index >= 15 is 0 Å². The SMILES string of the molecule is CC(=O)Cc1cccc(CNc2ccc3c(=O)[nH]nc(Cl)c3c2)c1. The van der Waals surface area contributed by atoms with Gasteiger partial charge in [0.2, 0.25) is 0 Å². The van der Waals surface area contributed by atoms with Crippen LogP contribution < -0.4 is 10.9 Å². The number of Topliss-reactive ketones (excluding diaryl/α,β-unsaturated/α-hetero) is 1. The molecule has 0 atom stereocenters. The van der Waals surface area contributed by atoms with Crippen LogP contribution in [-0.2, 0) is 17.8 Å². The molecule has 1 heterocycles. The van der Waals surface area contributed by atoms with Gasteiger partial charge in [0.1, 0.15) is 5.78 Å². The maximum atomic E-state index is 11.7. The second-order valence-corrected chi connectivity index (χ2v) is 6.01. The maximum absolute atomic E-state index is 11.7. The molecule has 2 aromatic carbocycles. The number of H-pyrrole nitrogens is 1. The predicted octanol–water partition coefficient (Wildman–Crippen LogP) is 3.32. The van der Waals surface area contributed by atoms with Crippen LogP contribution in [0.2, 0.25) is 5.15 Å². The molecule has 0 bridgehead atoms. The standard InChI is InChI=1S/C18H16ClN3O2/c1-11(23)7-12-3-2-4-13(8-12)10-20-14-5-6-15-16(9-14)17(19)21-22-18(15)24/h2-6,8-9,20H,7,10H2,1H3,(H,22,24). The van der Waals surface area contributed by atoms with E-state index < -0.39 is 0 Å². The largest absolute Gasteiger partial charge is 0.381 e. The number of aromatic nitrogens is 2. The van der Waals surface area contributed by atoms with E-state index in [9.17, 15) is 9.59 Å². The van der Waals surface area contributed by atoms with Gasteiger partial charge in [-0.1, -0.05) is 35.9 Å². The van der Waals surface area contributed by atoms with E-state index in [-0.39, 0.29) is 16.5 Å². The Morgan fingerprint density at radius 3 is 2.75 bits per heavy atom. The van der Waals surface area contributed by atoms with Crippen LogP contribution in [0.15, 0.2) is 47.3 Å². The van der Waals surface area contributed by atoms with E-state index in [1.54, 1.807) is 19.1 Å². The van der Waals surface area contributed by atoms with Crippen molar-refractivity contribution in [3.63, 3.8) is 0 Å². The lowest BCUT2D eigenvalue weighted by Crippen LogP contribution is -2.08. The van der Waals surface area contributed by atoms with Crippen molar-refractivity contribution in [3.8, 4) is 0 Å². The van der Waals surface area contributed by atoms with Gasteiger partial charge in [-0.05, 0) is 36.2 Å². The van der Waals surface area contributed by atoms with Crippen molar-refractivity contribution in [3.05, 3.63) is 69.1 Å². The van der Waals surface area contributed by atoms with E-state index in [2.05, 4.69) is 15.5 Å². The number of ketones is 1. The first-order valence-electron chi connectivity index (χ1n) is 7.52. The van der Waals surface area contributed by atoms with E-state index in [4.69, 9.17) is 11.6 Å². The topological polar surface area (TPSA) is 74.8 Å². The molecule has 5 nitrogen and oxygen atoms in total. The van der Waals surface area contributed by atoms with Crippen molar-refractivity contribution >= 4 is 33.8 Å². The third-order valence-electron chi connectivity index (χ3n) is 3.68. The molecule has 24 heavy (non-hydrogen) atoms. The van der Waals surface area contributed by atoms with Crippen molar-refractivity contribution in [2.75, 3.05) is 5.32 Å². The molecule has 0 unspecified atom stereocenters. The lowest BCUT2D eigenvalue weighted by atomic mass is 10.1. The van der Waals surface area contributed by atoms with Crippen LogP contribution in [0.4, 0.5) is 5.69 Å². The van der Waals surface area contributed by atoms with E-state index in [0.29, 0.717) is 23.7 Å². The Balaban J connectivity index is 1.80. The molecule has 0 saturated heterocycles. The number of benzene rings is 2. The van der Waals surface area contributed by atoms with E-state index in [0.717, 1.165) is 16.8 Å². The van der Waals surface area contributed by atoms with Crippen LogP contribution in [0.3, 0.4) is 0 Å². The number of carbonyl (C=O) groups is 1. The number of anilines is 1. The van der Waals surface area contributed by atoms with Crippen molar-refractivity contribution in [1.29, 1.82) is 0 Å². The highest BCUT2D eigenvalue weighted by Crippen LogP contribution is 2.22. The lowest BCUT2D eigenvalue weighted by molar-refractivity contribution is -0.116. The molecule has 6 heteroatoms. The number of nitrogens with one attached hydrogen (secondary N) is 2. The Kier molecular flexibility index (Phi) is 4.62. The van der Waals surface area contributed by atoms with Gasteiger partial charge < -0.3 is 5.32 Å². The molecular formula is C18H16ClN3O2. The van der Waals surface area contributed by atoms with Gasteiger partial charge in [-0.3, -0.25) is 9.59 Å². The minimum absolute atomic E-state index is 0.141. The summed E-state index contributed by atoms with van der Waals surface area (Å²) in [6.45, 7) is 2.19. The second kappa shape index (κ2) is 6.84. The Labute approximate surface area is 143 Å². The van der Waals surface area contributed by atoms with Gasteiger partial charge in [-0.25, -0.2) is 5.10 Å². The second-order valence-electron chi connectivity index (χ2n) is 5.66. The number of carbonyl (C=O) groups excluding carboxylic acids is 1. The molecule has 0 spiro atoms. The fourth-order valence-corrected chi connectivity index (χ4v) is 2.78. The zero-order valence-corrected chi connectivity index (χ0v) is 13.9. The number of nitrogens with zero attached hydrogens (tertiary/aromatic N) is 1. The molecule has 0 radical (unpaired) electrons. The summed E-state index contributed by atoms with van der Waals surface area (Å²) >= 11 is 6.05. The summed E-state index contributed by atoms with van der Waals surface area (Å²) in [7, 11) is 0. The van der Waals surface area contributed by atoms with Gasteiger partial charge in [-0.15, -0.1) is 0 Å². The molecule has 0 aliphatic carbocycles. The van der Waals surface area contributed by atoms with Crippen LogP contribution in [0.25, 0.3) is 10.8 Å². The quantitative estimate of drug-likeness (QED) is 0.746. The van der Waals surface area contributed by atoms with Gasteiger partial charge in [0, 0.05) is 24.0 Å². The Bertz CT molecular complexity index is 966. The minimum atomic E-state index is -0.266. The summed E-state index contributed by atoms with van der Waals surface area (Å²) in [5.74, 6) is 0.141. The minimum Gasteiger partial charge on any atom is -0.381 e. The van der Waals surface area contributed by atoms with Crippen molar-refractivity contribution in [2.45, 2.75) is 19.9 Å². The van der Waals surface area contributed by atoms with Gasteiger partial charge >= 0.3 is 0 Å². The van der Waals surface area contributed by atoms with Crippen molar-refractivity contribution in [1.82, 2.24) is 10.2 Å². The zero-order chi connectivity index (χ0) is 17.1. The molecular weight excluding hydrogens is 326 g/mol. The molecule has 0 amide bonds. The average molecular weight is 342 g/mol. The number of hydrogen-bond donors (Lipinski definition) is 2. The highest BCUT2D eigenvalue weighted by molar-refractivity contribution is 6.34. The molecule has 1 aromatic heterocycles. The number of halogens is 1. The smallest absolute Gasteiger partial charge is 0.272 e. The molecule has 0 fully saturated rings. The van der Waals surface area contributed by atoms with Crippen molar-refractivity contribution in [2.24, 2.45) is 0 Å². The van der Waals surface area contributed by atoms with E-state index in [1.165, 1.54) is 0 Å². The normalized spacial score (nSPS) is 10.8. The zero-order valence-electron chi connectivity index (χ0n) is 13.1. The molecule has 2 N–H and O–H groups in total. The van der Waals surface area contributed by atoms with Gasteiger partial charge in [0.05, 0.1) is 5.39 Å². The van der Waals surface area contributed by atoms with Crippen LogP contribution in [0.5, 0.6) is 0 Å². The Morgan fingerprint density at radius 1 is 1.17 bits per heavy atom. The summed E-state index contributed by atoms with van der Waals surface area (Å²) in [4.78, 5) is 22.9.